The van der Waals surface area contributed by atoms with Crippen LogP contribution in [0.1, 0.15) is 38.7 Å². The second kappa shape index (κ2) is 3.48. The maximum Gasteiger partial charge on any atom is 0.142 e. The zero-order valence-corrected chi connectivity index (χ0v) is 9.66. The molecule has 1 saturated carbocycles. The molecule has 0 heterocycles. The Hall–Kier alpha value is -1.11. The molecule has 1 aromatic carbocycles. The molecule has 0 bridgehead atoms. The lowest BCUT2D eigenvalue weighted by Gasteiger charge is -2.49. The fourth-order valence-corrected chi connectivity index (χ4v) is 2.92. The molecule has 0 N–H and O–H groups in total. The molecular formula is C14H18O. The first-order chi connectivity index (χ1) is 7.09. The van der Waals surface area contributed by atoms with Gasteiger partial charge in [0, 0.05) is 17.3 Å². The zero-order valence-electron chi connectivity index (χ0n) is 9.66. The topological polar surface area (TPSA) is 17.1 Å². The third-order valence-electron chi connectivity index (χ3n) is 3.75. The SMILES string of the molecule is CCC1C(=O)C(C)(C)C1c1ccccc1. The summed E-state index contributed by atoms with van der Waals surface area (Å²) in [5.74, 6) is 1.08. The van der Waals surface area contributed by atoms with Crippen LogP contribution in [0.15, 0.2) is 30.3 Å². The molecule has 0 saturated heterocycles. The van der Waals surface area contributed by atoms with Crippen LogP contribution in [0.4, 0.5) is 0 Å². The summed E-state index contributed by atoms with van der Waals surface area (Å²) < 4.78 is 0. The highest BCUT2D eigenvalue weighted by Crippen LogP contribution is 2.54. The van der Waals surface area contributed by atoms with Crippen LogP contribution in [-0.4, -0.2) is 5.78 Å². The van der Waals surface area contributed by atoms with Gasteiger partial charge in [0.1, 0.15) is 5.78 Å². The number of carbonyl (C=O) groups excluding carboxylic acids is 1. The lowest BCUT2D eigenvalue weighted by molar-refractivity contribution is -0.147. The summed E-state index contributed by atoms with van der Waals surface area (Å²) >= 11 is 0. The molecule has 1 fully saturated rings. The van der Waals surface area contributed by atoms with E-state index in [9.17, 15) is 4.79 Å². The quantitative estimate of drug-likeness (QED) is 0.718. The van der Waals surface area contributed by atoms with E-state index in [1.165, 1.54) is 5.56 Å². The highest BCUT2D eigenvalue weighted by atomic mass is 16.1. The van der Waals surface area contributed by atoms with E-state index in [2.05, 4.69) is 45.0 Å². The molecule has 0 aliphatic heterocycles. The maximum absolute atomic E-state index is 11.9. The Labute approximate surface area is 91.5 Å². The van der Waals surface area contributed by atoms with E-state index < -0.39 is 0 Å². The molecule has 80 valence electrons. The molecule has 0 aromatic heterocycles. The fourth-order valence-electron chi connectivity index (χ4n) is 2.92. The Morgan fingerprint density at radius 1 is 1.20 bits per heavy atom. The second-order valence-electron chi connectivity index (χ2n) is 4.99. The van der Waals surface area contributed by atoms with Crippen LogP contribution in [0.5, 0.6) is 0 Å². The van der Waals surface area contributed by atoms with Crippen LogP contribution in [0, 0.1) is 11.3 Å². The zero-order chi connectivity index (χ0) is 11.1. The normalized spacial score (nSPS) is 28.6. The van der Waals surface area contributed by atoms with E-state index in [1.807, 2.05) is 6.07 Å². The van der Waals surface area contributed by atoms with Crippen molar-refractivity contribution in [2.75, 3.05) is 0 Å². The number of hydrogen-bond acceptors (Lipinski definition) is 1. The van der Waals surface area contributed by atoms with Gasteiger partial charge < -0.3 is 0 Å². The largest absolute Gasteiger partial charge is 0.299 e. The van der Waals surface area contributed by atoms with Gasteiger partial charge in [0.05, 0.1) is 0 Å². The molecular weight excluding hydrogens is 184 g/mol. The lowest BCUT2D eigenvalue weighted by atomic mass is 9.52. The molecule has 1 aromatic rings. The summed E-state index contributed by atoms with van der Waals surface area (Å²) in [6.07, 6.45) is 0.960. The monoisotopic (exact) mass is 202 g/mol. The Bertz CT molecular complexity index is 364. The van der Waals surface area contributed by atoms with Gasteiger partial charge in [0.2, 0.25) is 0 Å². The predicted molar refractivity (Wildman–Crippen MR) is 61.8 cm³/mol. The molecule has 1 heteroatoms. The van der Waals surface area contributed by atoms with Crippen molar-refractivity contribution in [3.05, 3.63) is 35.9 Å². The van der Waals surface area contributed by atoms with Crippen LogP contribution in [0.2, 0.25) is 0 Å². The third-order valence-corrected chi connectivity index (χ3v) is 3.75. The van der Waals surface area contributed by atoms with Crippen molar-refractivity contribution >= 4 is 5.78 Å². The molecule has 0 spiro atoms. The minimum absolute atomic E-state index is 0.165. The molecule has 2 unspecified atom stereocenters. The Kier molecular flexibility index (Phi) is 2.41. The molecule has 1 aliphatic carbocycles. The van der Waals surface area contributed by atoms with Gasteiger partial charge >= 0.3 is 0 Å². The van der Waals surface area contributed by atoms with Gasteiger partial charge in [-0.2, -0.15) is 0 Å². The van der Waals surface area contributed by atoms with E-state index in [1.54, 1.807) is 0 Å². The number of ketones is 1. The van der Waals surface area contributed by atoms with Crippen molar-refractivity contribution in [2.45, 2.75) is 33.1 Å². The highest BCUT2D eigenvalue weighted by Gasteiger charge is 2.54. The van der Waals surface area contributed by atoms with Crippen molar-refractivity contribution in [3.8, 4) is 0 Å². The summed E-state index contributed by atoms with van der Waals surface area (Å²) in [5, 5.41) is 0. The van der Waals surface area contributed by atoms with Gasteiger partial charge in [0.15, 0.2) is 0 Å². The molecule has 1 aliphatic rings. The van der Waals surface area contributed by atoms with Crippen LogP contribution >= 0.6 is 0 Å². The van der Waals surface area contributed by atoms with Crippen LogP contribution in [-0.2, 0) is 4.79 Å². The summed E-state index contributed by atoms with van der Waals surface area (Å²) in [6.45, 7) is 6.24. The van der Waals surface area contributed by atoms with E-state index in [0.717, 1.165) is 6.42 Å². The Morgan fingerprint density at radius 2 is 1.80 bits per heavy atom. The van der Waals surface area contributed by atoms with Gasteiger partial charge in [-0.15, -0.1) is 0 Å². The second-order valence-corrected chi connectivity index (χ2v) is 4.99. The summed E-state index contributed by atoms with van der Waals surface area (Å²) in [4.78, 5) is 11.9. The average molecular weight is 202 g/mol. The van der Waals surface area contributed by atoms with E-state index in [-0.39, 0.29) is 11.3 Å². The average Bonchev–Trinajstić information content (AvgIpc) is 2.25. The van der Waals surface area contributed by atoms with E-state index in [0.29, 0.717) is 11.7 Å². The van der Waals surface area contributed by atoms with Crippen molar-refractivity contribution in [3.63, 3.8) is 0 Å². The van der Waals surface area contributed by atoms with Crippen molar-refractivity contribution in [2.24, 2.45) is 11.3 Å². The minimum atomic E-state index is -0.165. The minimum Gasteiger partial charge on any atom is -0.299 e. The third kappa shape index (κ3) is 1.41. The predicted octanol–water partition coefficient (Wildman–Crippen LogP) is 3.41. The molecule has 2 rings (SSSR count). The van der Waals surface area contributed by atoms with Crippen molar-refractivity contribution in [1.29, 1.82) is 0 Å². The van der Waals surface area contributed by atoms with Crippen molar-refractivity contribution in [1.82, 2.24) is 0 Å². The summed E-state index contributed by atoms with van der Waals surface area (Å²) in [7, 11) is 0. The first-order valence-corrected chi connectivity index (χ1v) is 5.68. The number of rotatable bonds is 2. The standard InChI is InChI=1S/C14H18O/c1-4-11-12(14(2,3)13(11)15)10-8-6-5-7-9-10/h5-9,11-12H,4H2,1-3H3. The Morgan fingerprint density at radius 3 is 2.33 bits per heavy atom. The summed E-state index contributed by atoms with van der Waals surface area (Å²) in [6, 6.07) is 10.4. The number of carbonyl (C=O) groups is 1. The van der Waals surface area contributed by atoms with Gasteiger partial charge in [-0.3, -0.25) is 4.79 Å². The van der Waals surface area contributed by atoms with Crippen LogP contribution in [0.25, 0.3) is 0 Å². The molecule has 1 nitrogen and oxygen atoms in total. The van der Waals surface area contributed by atoms with E-state index >= 15 is 0 Å². The fraction of sp³-hybridized carbons (Fsp3) is 0.500. The van der Waals surface area contributed by atoms with Gasteiger partial charge in [-0.1, -0.05) is 51.1 Å². The number of benzene rings is 1. The Balaban J connectivity index is 2.33. The summed E-state index contributed by atoms with van der Waals surface area (Å²) in [5.41, 5.74) is 1.15. The van der Waals surface area contributed by atoms with Gasteiger partial charge in [-0.05, 0) is 12.0 Å². The highest BCUT2D eigenvalue weighted by molar-refractivity contribution is 5.95. The number of Topliss-reactive ketones (excluding diaryl/α,β-unsaturated/α-hetero) is 1. The lowest BCUT2D eigenvalue weighted by Crippen LogP contribution is -2.52. The maximum atomic E-state index is 11.9. The smallest absolute Gasteiger partial charge is 0.142 e. The van der Waals surface area contributed by atoms with Crippen molar-refractivity contribution < 1.29 is 4.79 Å². The first kappa shape index (κ1) is 10.4. The molecule has 2 atom stereocenters. The molecule has 0 amide bonds. The van der Waals surface area contributed by atoms with Gasteiger partial charge in [-0.25, -0.2) is 0 Å². The molecule has 0 radical (unpaired) electrons. The molecule has 15 heavy (non-hydrogen) atoms. The number of hydrogen-bond donors (Lipinski definition) is 0. The van der Waals surface area contributed by atoms with Crippen LogP contribution in [0.3, 0.4) is 0 Å². The van der Waals surface area contributed by atoms with E-state index in [4.69, 9.17) is 0 Å². The van der Waals surface area contributed by atoms with Crippen LogP contribution < -0.4 is 0 Å². The van der Waals surface area contributed by atoms with Gasteiger partial charge in [0.25, 0.3) is 0 Å². The first-order valence-electron chi connectivity index (χ1n) is 5.68.